The molecular formula is C22H20N2O5. The molecule has 0 saturated carbocycles. The second-order valence-corrected chi connectivity index (χ2v) is 6.72. The van der Waals surface area contributed by atoms with Gasteiger partial charge in [-0.1, -0.05) is 13.0 Å². The van der Waals surface area contributed by atoms with Crippen LogP contribution in [0.15, 0.2) is 51.7 Å². The van der Waals surface area contributed by atoms with E-state index in [4.69, 9.17) is 9.15 Å². The number of carbonyl (C=O) groups is 2. The molecule has 1 aromatic heterocycles. The van der Waals surface area contributed by atoms with Gasteiger partial charge in [-0.3, -0.25) is 14.4 Å². The van der Waals surface area contributed by atoms with Gasteiger partial charge in [0.2, 0.25) is 0 Å². The van der Waals surface area contributed by atoms with Crippen LogP contribution >= 0.6 is 0 Å². The van der Waals surface area contributed by atoms with Crippen molar-refractivity contribution in [2.45, 2.75) is 20.3 Å². The Kier molecular flexibility index (Phi) is 4.80. The van der Waals surface area contributed by atoms with Crippen molar-refractivity contribution < 1.29 is 18.7 Å². The minimum Gasteiger partial charge on any atom is -0.482 e. The topological polar surface area (TPSA) is 88.8 Å². The largest absolute Gasteiger partial charge is 0.482 e. The lowest BCUT2D eigenvalue weighted by Crippen LogP contribution is -2.38. The average molecular weight is 392 g/mol. The zero-order valence-electron chi connectivity index (χ0n) is 16.2. The fourth-order valence-corrected chi connectivity index (χ4v) is 3.35. The van der Waals surface area contributed by atoms with Gasteiger partial charge in [0, 0.05) is 18.3 Å². The van der Waals surface area contributed by atoms with E-state index in [0.717, 1.165) is 12.0 Å². The maximum Gasteiger partial charge on any atom is 0.291 e. The standard InChI is InChI=1S/C22H20N2O5/c1-3-13-5-7-18-15(9-13)17(25)11-20(29-18)22(27)23-14-6-8-19-16(10-14)24(4-2)21(26)12-28-19/h5-11H,3-4,12H2,1-2H3,(H,23,27). The number of hydrogen-bond acceptors (Lipinski definition) is 5. The van der Waals surface area contributed by atoms with E-state index in [1.165, 1.54) is 6.07 Å². The Balaban J connectivity index is 1.64. The average Bonchev–Trinajstić information content (AvgIpc) is 2.73. The number of fused-ring (bicyclic) bond motifs is 2. The van der Waals surface area contributed by atoms with Crippen molar-refractivity contribution in [1.29, 1.82) is 0 Å². The number of nitrogens with one attached hydrogen (secondary N) is 1. The summed E-state index contributed by atoms with van der Waals surface area (Å²) in [7, 11) is 0. The molecule has 0 unspecified atom stereocenters. The van der Waals surface area contributed by atoms with Crippen molar-refractivity contribution in [2.75, 3.05) is 23.4 Å². The lowest BCUT2D eigenvalue weighted by atomic mass is 10.1. The molecule has 0 radical (unpaired) electrons. The van der Waals surface area contributed by atoms with Gasteiger partial charge in [-0.05, 0) is 49.2 Å². The van der Waals surface area contributed by atoms with Gasteiger partial charge in [-0.2, -0.15) is 0 Å². The molecule has 0 fully saturated rings. The highest BCUT2D eigenvalue weighted by molar-refractivity contribution is 6.04. The summed E-state index contributed by atoms with van der Waals surface area (Å²) in [4.78, 5) is 38.7. The molecule has 7 nitrogen and oxygen atoms in total. The first-order valence-electron chi connectivity index (χ1n) is 9.45. The number of ether oxygens (including phenoxy) is 1. The van der Waals surface area contributed by atoms with E-state index < -0.39 is 5.91 Å². The third-order valence-corrected chi connectivity index (χ3v) is 4.90. The van der Waals surface area contributed by atoms with Gasteiger partial charge in [0.15, 0.2) is 17.8 Å². The lowest BCUT2D eigenvalue weighted by Gasteiger charge is -2.28. The Morgan fingerprint density at radius 3 is 2.69 bits per heavy atom. The summed E-state index contributed by atoms with van der Waals surface area (Å²) < 4.78 is 11.1. The maximum atomic E-state index is 12.7. The van der Waals surface area contributed by atoms with E-state index in [9.17, 15) is 14.4 Å². The second-order valence-electron chi connectivity index (χ2n) is 6.72. The van der Waals surface area contributed by atoms with E-state index in [-0.39, 0.29) is 23.7 Å². The first kappa shape index (κ1) is 18.7. The van der Waals surface area contributed by atoms with Crippen LogP contribution in [0.1, 0.15) is 30.0 Å². The fourth-order valence-electron chi connectivity index (χ4n) is 3.35. The predicted octanol–water partition coefficient (Wildman–Crippen LogP) is 3.35. The number of carbonyl (C=O) groups excluding carboxylic acids is 2. The van der Waals surface area contributed by atoms with Crippen molar-refractivity contribution in [3.05, 3.63) is 64.0 Å². The van der Waals surface area contributed by atoms with Crippen LogP contribution in [0.25, 0.3) is 11.0 Å². The zero-order valence-corrected chi connectivity index (χ0v) is 16.2. The van der Waals surface area contributed by atoms with Gasteiger partial charge in [-0.15, -0.1) is 0 Å². The van der Waals surface area contributed by atoms with Gasteiger partial charge < -0.3 is 19.4 Å². The third-order valence-electron chi connectivity index (χ3n) is 4.90. The Morgan fingerprint density at radius 1 is 1.10 bits per heavy atom. The van der Waals surface area contributed by atoms with Crippen LogP contribution < -0.4 is 20.4 Å². The van der Waals surface area contributed by atoms with Gasteiger partial charge in [0.25, 0.3) is 11.8 Å². The van der Waals surface area contributed by atoms with E-state index >= 15 is 0 Å². The van der Waals surface area contributed by atoms with Crippen molar-refractivity contribution in [2.24, 2.45) is 0 Å². The number of amides is 2. The van der Waals surface area contributed by atoms with Crippen molar-refractivity contribution in [3.63, 3.8) is 0 Å². The SMILES string of the molecule is CCc1ccc2oc(C(=O)Nc3ccc4c(c3)N(CC)C(=O)CO4)cc(=O)c2c1. The summed E-state index contributed by atoms with van der Waals surface area (Å²) in [6.07, 6.45) is 0.803. The Labute approximate surface area is 166 Å². The fraction of sp³-hybridized carbons (Fsp3) is 0.227. The normalized spacial score (nSPS) is 13.2. The Bertz CT molecular complexity index is 1180. The summed E-state index contributed by atoms with van der Waals surface area (Å²) in [5.41, 5.74) is 2.17. The first-order valence-corrected chi connectivity index (χ1v) is 9.45. The summed E-state index contributed by atoms with van der Waals surface area (Å²) in [5, 5.41) is 3.17. The Morgan fingerprint density at radius 2 is 1.93 bits per heavy atom. The molecule has 3 aromatic rings. The van der Waals surface area contributed by atoms with E-state index in [0.29, 0.717) is 34.6 Å². The molecule has 4 rings (SSSR count). The molecule has 2 heterocycles. The molecule has 0 spiro atoms. The molecule has 1 aliphatic rings. The smallest absolute Gasteiger partial charge is 0.291 e. The van der Waals surface area contributed by atoms with Crippen LogP contribution in [-0.4, -0.2) is 25.0 Å². The van der Waals surface area contributed by atoms with Gasteiger partial charge in [0.05, 0.1) is 11.1 Å². The summed E-state index contributed by atoms with van der Waals surface area (Å²) >= 11 is 0. The molecule has 0 atom stereocenters. The van der Waals surface area contributed by atoms with Gasteiger partial charge >= 0.3 is 0 Å². The lowest BCUT2D eigenvalue weighted by molar-refractivity contribution is -0.121. The first-order chi connectivity index (χ1) is 14.0. The molecule has 2 amide bonds. The number of benzene rings is 2. The third kappa shape index (κ3) is 3.47. The number of aryl methyl sites for hydroxylation is 1. The van der Waals surface area contributed by atoms with Crippen LogP contribution in [-0.2, 0) is 11.2 Å². The molecule has 1 N–H and O–H groups in total. The van der Waals surface area contributed by atoms with Crippen molar-refractivity contribution in [1.82, 2.24) is 0 Å². The van der Waals surface area contributed by atoms with Crippen molar-refractivity contribution in [3.8, 4) is 5.75 Å². The molecule has 148 valence electrons. The molecule has 29 heavy (non-hydrogen) atoms. The monoisotopic (exact) mass is 392 g/mol. The number of rotatable bonds is 4. The van der Waals surface area contributed by atoms with Crippen LogP contribution in [0, 0.1) is 0 Å². The van der Waals surface area contributed by atoms with Gasteiger partial charge in [-0.25, -0.2) is 0 Å². The molecular weight excluding hydrogens is 372 g/mol. The van der Waals surface area contributed by atoms with E-state index in [2.05, 4.69) is 5.32 Å². The molecule has 7 heteroatoms. The van der Waals surface area contributed by atoms with Crippen LogP contribution in [0.4, 0.5) is 11.4 Å². The van der Waals surface area contributed by atoms with E-state index in [1.807, 2.05) is 19.9 Å². The minimum atomic E-state index is -0.547. The highest BCUT2D eigenvalue weighted by Crippen LogP contribution is 2.34. The maximum absolute atomic E-state index is 12.7. The molecule has 1 aliphatic heterocycles. The molecule has 0 aliphatic carbocycles. The summed E-state index contributed by atoms with van der Waals surface area (Å²) in [5.74, 6) is -0.192. The molecule has 0 bridgehead atoms. The van der Waals surface area contributed by atoms with Crippen LogP contribution in [0.2, 0.25) is 0 Å². The highest BCUT2D eigenvalue weighted by Gasteiger charge is 2.25. The molecule has 0 saturated heterocycles. The number of likely N-dealkylation sites (N-methyl/N-ethyl adjacent to an activating group) is 1. The zero-order chi connectivity index (χ0) is 20.5. The van der Waals surface area contributed by atoms with Crippen molar-refractivity contribution >= 4 is 34.2 Å². The highest BCUT2D eigenvalue weighted by atomic mass is 16.5. The summed E-state index contributed by atoms with van der Waals surface area (Å²) in [6.45, 7) is 4.35. The Hall–Kier alpha value is -3.61. The summed E-state index contributed by atoms with van der Waals surface area (Å²) in [6, 6.07) is 11.6. The molecule has 2 aromatic carbocycles. The minimum absolute atomic E-state index is 0.00542. The van der Waals surface area contributed by atoms with Gasteiger partial charge in [0.1, 0.15) is 11.3 Å². The number of nitrogens with zero attached hydrogens (tertiary/aromatic N) is 1. The second kappa shape index (κ2) is 7.43. The van der Waals surface area contributed by atoms with E-state index in [1.54, 1.807) is 35.2 Å². The predicted molar refractivity (Wildman–Crippen MR) is 110 cm³/mol. The van der Waals surface area contributed by atoms with Crippen LogP contribution in [0.5, 0.6) is 5.75 Å². The van der Waals surface area contributed by atoms with Crippen LogP contribution in [0.3, 0.4) is 0 Å². The quantitative estimate of drug-likeness (QED) is 0.736. The number of anilines is 2. The number of hydrogen-bond donors (Lipinski definition) is 1.